The van der Waals surface area contributed by atoms with Crippen molar-refractivity contribution in [3.05, 3.63) is 24.2 Å². The van der Waals surface area contributed by atoms with Crippen LogP contribution in [0.5, 0.6) is 0 Å². The highest BCUT2D eigenvalue weighted by molar-refractivity contribution is 5.96. The molecule has 2 fully saturated rings. The van der Waals surface area contributed by atoms with Gasteiger partial charge in [-0.15, -0.1) is 24.8 Å². The number of piperidine rings is 1. The van der Waals surface area contributed by atoms with E-state index in [0.29, 0.717) is 11.5 Å². The number of fused-ring (bicyclic) bond motifs is 1. The SMILES string of the molecule is CC(C)Cn1cnc2cc(C(=O)N3CCCC4(CCNC4)C3)cnc21.Cl.Cl. The van der Waals surface area contributed by atoms with Crippen molar-refractivity contribution in [3.8, 4) is 0 Å². The van der Waals surface area contributed by atoms with Crippen molar-refractivity contribution in [2.75, 3.05) is 26.2 Å². The van der Waals surface area contributed by atoms with Crippen LogP contribution in [0.15, 0.2) is 18.6 Å². The molecule has 1 atom stereocenters. The Labute approximate surface area is 172 Å². The van der Waals surface area contributed by atoms with Crippen LogP contribution >= 0.6 is 24.8 Å². The predicted molar refractivity (Wildman–Crippen MR) is 112 cm³/mol. The standard InChI is InChI=1S/C19H27N5O.2ClH/c1-14(2)10-24-13-22-16-8-15(9-21-17(16)24)18(25)23-7-3-4-19(12-23)5-6-20-11-19;;/h8-9,13-14,20H,3-7,10-12H2,1-2H3;2*1H. The Balaban J connectivity index is 0.00000131. The number of rotatable bonds is 3. The third-order valence-electron chi connectivity index (χ3n) is 5.55. The lowest BCUT2D eigenvalue weighted by atomic mass is 9.79. The second kappa shape index (κ2) is 8.76. The van der Waals surface area contributed by atoms with Crippen molar-refractivity contribution in [1.82, 2.24) is 24.8 Å². The van der Waals surface area contributed by atoms with Gasteiger partial charge in [0.2, 0.25) is 0 Å². The molecular weight excluding hydrogens is 385 g/mol. The average Bonchev–Trinajstić information content (AvgIpc) is 3.21. The molecule has 1 N–H and O–H groups in total. The number of hydrogen-bond donors (Lipinski definition) is 1. The number of carbonyl (C=O) groups is 1. The number of pyridine rings is 1. The zero-order valence-electron chi connectivity index (χ0n) is 16.0. The summed E-state index contributed by atoms with van der Waals surface area (Å²) in [5.74, 6) is 0.629. The van der Waals surface area contributed by atoms with Crippen LogP contribution in [0.4, 0.5) is 0 Å². The molecule has 150 valence electrons. The number of carbonyl (C=O) groups excluding carboxylic acids is 1. The van der Waals surface area contributed by atoms with Crippen LogP contribution in [0.2, 0.25) is 0 Å². The van der Waals surface area contributed by atoms with Crippen molar-refractivity contribution >= 4 is 41.9 Å². The second-order valence-corrected chi connectivity index (χ2v) is 8.11. The van der Waals surface area contributed by atoms with E-state index in [4.69, 9.17) is 0 Å². The van der Waals surface area contributed by atoms with Gasteiger partial charge in [0.1, 0.15) is 5.52 Å². The molecule has 1 spiro atoms. The van der Waals surface area contributed by atoms with E-state index in [2.05, 4.69) is 33.7 Å². The molecule has 2 aromatic rings. The van der Waals surface area contributed by atoms with E-state index in [1.807, 2.05) is 17.3 Å². The summed E-state index contributed by atoms with van der Waals surface area (Å²) >= 11 is 0. The van der Waals surface area contributed by atoms with Gasteiger partial charge in [0, 0.05) is 37.8 Å². The number of likely N-dealkylation sites (tertiary alicyclic amines) is 1. The Morgan fingerprint density at radius 1 is 1.30 bits per heavy atom. The van der Waals surface area contributed by atoms with E-state index in [9.17, 15) is 4.79 Å². The zero-order chi connectivity index (χ0) is 17.4. The molecule has 0 radical (unpaired) electrons. The van der Waals surface area contributed by atoms with E-state index in [-0.39, 0.29) is 36.1 Å². The third-order valence-corrected chi connectivity index (χ3v) is 5.55. The summed E-state index contributed by atoms with van der Waals surface area (Å²) in [6.07, 6.45) is 7.03. The smallest absolute Gasteiger partial charge is 0.255 e. The summed E-state index contributed by atoms with van der Waals surface area (Å²) in [4.78, 5) is 24.0. The van der Waals surface area contributed by atoms with Crippen LogP contribution in [0.3, 0.4) is 0 Å². The van der Waals surface area contributed by atoms with Gasteiger partial charge in [0.05, 0.1) is 11.9 Å². The molecule has 4 rings (SSSR count). The lowest BCUT2D eigenvalue weighted by Crippen LogP contribution is -2.47. The number of aromatic nitrogens is 3. The Morgan fingerprint density at radius 2 is 2.11 bits per heavy atom. The van der Waals surface area contributed by atoms with Crippen molar-refractivity contribution in [1.29, 1.82) is 0 Å². The maximum absolute atomic E-state index is 13.0. The van der Waals surface area contributed by atoms with Gasteiger partial charge in [-0.25, -0.2) is 9.97 Å². The maximum atomic E-state index is 13.0. The molecule has 2 saturated heterocycles. The molecule has 0 aromatic carbocycles. The number of halogens is 2. The number of hydrogen-bond acceptors (Lipinski definition) is 4. The second-order valence-electron chi connectivity index (χ2n) is 8.11. The van der Waals surface area contributed by atoms with Gasteiger partial charge in [0.25, 0.3) is 5.91 Å². The summed E-state index contributed by atoms with van der Waals surface area (Å²) in [6, 6.07) is 1.90. The number of nitrogens with one attached hydrogen (secondary N) is 1. The number of nitrogens with zero attached hydrogens (tertiary/aromatic N) is 4. The van der Waals surface area contributed by atoms with E-state index in [1.54, 1.807) is 6.20 Å². The molecule has 1 amide bonds. The Bertz CT molecular complexity index is 785. The van der Waals surface area contributed by atoms with Crippen molar-refractivity contribution in [3.63, 3.8) is 0 Å². The molecule has 2 aromatic heterocycles. The molecule has 2 aliphatic heterocycles. The number of imidazole rings is 1. The predicted octanol–water partition coefficient (Wildman–Crippen LogP) is 3.15. The Hall–Kier alpha value is -1.37. The molecule has 0 bridgehead atoms. The highest BCUT2D eigenvalue weighted by Gasteiger charge is 2.39. The molecular formula is C19H29Cl2N5O. The minimum Gasteiger partial charge on any atom is -0.338 e. The van der Waals surface area contributed by atoms with E-state index in [1.165, 1.54) is 12.8 Å². The summed E-state index contributed by atoms with van der Waals surface area (Å²) in [7, 11) is 0. The zero-order valence-corrected chi connectivity index (χ0v) is 17.6. The van der Waals surface area contributed by atoms with Crippen molar-refractivity contribution in [2.45, 2.75) is 39.7 Å². The molecule has 1 unspecified atom stereocenters. The van der Waals surface area contributed by atoms with E-state index in [0.717, 1.165) is 50.3 Å². The van der Waals surface area contributed by atoms with Crippen LogP contribution in [-0.4, -0.2) is 51.5 Å². The molecule has 8 heteroatoms. The van der Waals surface area contributed by atoms with Gasteiger partial charge < -0.3 is 14.8 Å². The minimum absolute atomic E-state index is 0. The highest BCUT2D eigenvalue weighted by Crippen LogP contribution is 2.36. The van der Waals surface area contributed by atoms with Crippen LogP contribution in [0.1, 0.15) is 43.5 Å². The van der Waals surface area contributed by atoms with Crippen LogP contribution in [0.25, 0.3) is 11.2 Å². The van der Waals surface area contributed by atoms with Gasteiger partial charge in [-0.1, -0.05) is 13.8 Å². The first-order valence-electron chi connectivity index (χ1n) is 9.37. The van der Waals surface area contributed by atoms with Gasteiger partial charge >= 0.3 is 0 Å². The lowest BCUT2D eigenvalue weighted by Gasteiger charge is -2.40. The fraction of sp³-hybridized carbons (Fsp3) is 0.632. The molecule has 6 nitrogen and oxygen atoms in total. The van der Waals surface area contributed by atoms with Gasteiger partial charge in [-0.3, -0.25) is 4.79 Å². The van der Waals surface area contributed by atoms with E-state index < -0.39 is 0 Å². The maximum Gasteiger partial charge on any atom is 0.255 e. The summed E-state index contributed by atoms with van der Waals surface area (Å²) in [5, 5.41) is 3.46. The molecule has 4 heterocycles. The monoisotopic (exact) mass is 413 g/mol. The minimum atomic E-state index is 0. The van der Waals surface area contributed by atoms with E-state index >= 15 is 0 Å². The summed E-state index contributed by atoms with van der Waals surface area (Å²) < 4.78 is 2.06. The first-order valence-corrected chi connectivity index (χ1v) is 9.37. The van der Waals surface area contributed by atoms with Gasteiger partial charge in [0.15, 0.2) is 5.65 Å². The van der Waals surface area contributed by atoms with Crippen LogP contribution in [-0.2, 0) is 6.54 Å². The van der Waals surface area contributed by atoms with Gasteiger partial charge in [-0.05, 0) is 37.8 Å². The highest BCUT2D eigenvalue weighted by atomic mass is 35.5. The third kappa shape index (κ3) is 4.39. The quantitative estimate of drug-likeness (QED) is 0.838. The topological polar surface area (TPSA) is 63.1 Å². The Morgan fingerprint density at radius 3 is 2.81 bits per heavy atom. The van der Waals surface area contributed by atoms with Crippen LogP contribution < -0.4 is 5.32 Å². The lowest BCUT2D eigenvalue weighted by molar-refractivity contribution is 0.0553. The van der Waals surface area contributed by atoms with Crippen LogP contribution in [0, 0.1) is 11.3 Å². The normalized spacial score (nSPS) is 22.1. The average molecular weight is 414 g/mol. The number of amides is 1. The Kier molecular flexibility index (Phi) is 7.11. The molecule has 0 saturated carbocycles. The first-order chi connectivity index (χ1) is 12.1. The molecule has 2 aliphatic rings. The summed E-state index contributed by atoms with van der Waals surface area (Å²) in [5.41, 5.74) is 2.61. The fourth-order valence-corrected chi connectivity index (χ4v) is 4.30. The van der Waals surface area contributed by atoms with Crippen molar-refractivity contribution < 1.29 is 4.79 Å². The molecule has 27 heavy (non-hydrogen) atoms. The van der Waals surface area contributed by atoms with Gasteiger partial charge in [-0.2, -0.15) is 0 Å². The molecule has 0 aliphatic carbocycles. The van der Waals surface area contributed by atoms with Crippen molar-refractivity contribution in [2.24, 2.45) is 11.3 Å². The largest absolute Gasteiger partial charge is 0.338 e. The summed E-state index contributed by atoms with van der Waals surface area (Å²) in [6.45, 7) is 9.05. The first kappa shape index (κ1) is 21.9. The fourth-order valence-electron chi connectivity index (χ4n) is 4.30.